The number of nitrogens with zero attached hydrogens (tertiary/aromatic N) is 1. The van der Waals surface area contributed by atoms with Crippen molar-refractivity contribution in [3.05, 3.63) is 54.2 Å². The summed E-state index contributed by atoms with van der Waals surface area (Å²) in [6, 6.07) is 10.1. The summed E-state index contributed by atoms with van der Waals surface area (Å²) in [5, 5.41) is 3.30. The number of thiocarbonyl (C=S) groups is 1. The number of halogens is 1. The van der Waals surface area contributed by atoms with E-state index in [4.69, 9.17) is 16.6 Å². The Morgan fingerprint density at radius 2 is 2.11 bits per heavy atom. The molecular weight excluding hydrogens is 251 g/mol. The highest BCUT2D eigenvalue weighted by Crippen LogP contribution is 2.13. The summed E-state index contributed by atoms with van der Waals surface area (Å²) >= 11 is 5.20. The maximum absolute atomic E-state index is 13.4. The molecule has 3 nitrogen and oxygen atoms in total. The zero-order chi connectivity index (χ0) is 13.0. The highest BCUT2D eigenvalue weighted by atomic mass is 32.1. The second-order valence-electron chi connectivity index (χ2n) is 3.85. The molecule has 1 heterocycles. The van der Waals surface area contributed by atoms with E-state index < -0.39 is 0 Å². The zero-order valence-electron chi connectivity index (χ0n) is 9.89. The van der Waals surface area contributed by atoms with Gasteiger partial charge in [-0.05, 0) is 36.5 Å². The Balaban J connectivity index is 1.98. The average molecular weight is 264 g/mol. The van der Waals surface area contributed by atoms with Crippen molar-refractivity contribution in [1.82, 2.24) is 4.90 Å². The lowest BCUT2D eigenvalue weighted by Gasteiger charge is -2.20. The van der Waals surface area contributed by atoms with Gasteiger partial charge in [0, 0.05) is 7.05 Å². The molecule has 0 aliphatic carbocycles. The molecule has 1 N–H and O–H groups in total. The van der Waals surface area contributed by atoms with Crippen LogP contribution in [0, 0.1) is 5.82 Å². The third-order valence-electron chi connectivity index (χ3n) is 2.44. The fourth-order valence-corrected chi connectivity index (χ4v) is 1.66. The van der Waals surface area contributed by atoms with Crippen molar-refractivity contribution in [3.63, 3.8) is 0 Å². The van der Waals surface area contributed by atoms with Crippen molar-refractivity contribution < 1.29 is 8.81 Å². The number of benzene rings is 1. The molecule has 0 aliphatic rings. The topological polar surface area (TPSA) is 28.4 Å². The van der Waals surface area contributed by atoms with Gasteiger partial charge >= 0.3 is 0 Å². The quantitative estimate of drug-likeness (QED) is 0.861. The fraction of sp³-hybridized carbons (Fsp3) is 0.154. The second kappa shape index (κ2) is 5.64. The zero-order valence-corrected chi connectivity index (χ0v) is 10.7. The molecule has 0 bridgehead atoms. The summed E-state index contributed by atoms with van der Waals surface area (Å²) in [6.07, 6.45) is 1.61. The van der Waals surface area contributed by atoms with E-state index in [9.17, 15) is 4.39 Å². The molecule has 0 fully saturated rings. The molecule has 0 aliphatic heterocycles. The summed E-state index contributed by atoms with van der Waals surface area (Å²) in [5.74, 6) is 0.474. The standard InChI is InChI=1S/C13H13FN2OS/c1-16(9-10-5-4-8-17-10)13(18)15-12-7-3-2-6-11(12)14/h2-8H,9H2,1H3,(H,15,18). The molecule has 0 radical (unpaired) electrons. The number of hydrogen-bond donors (Lipinski definition) is 1. The molecule has 0 atom stereocenters. The minimum absolute atomic E-state index is 0.328. The van der Waals surface area contributed by atoms with E-state index in [0.29, 0.717) is 17.3 Å². The summed E-state index contributed by atoms with van der Waals surface area (Å²) in [4.78, 5) is 1.78. The summed E-state index contributed by atoms with van der Waals surface area (Å²) < 4.78 is 18.7. The first kappa shape index (κ1) is 12.6. The highest BCUT2D eigenvalue weighted by Gasteiger charge is 2.09. The van der Waals surface area contributed by atoms with Gasteiger partial charge in [-0.25, -0.2) is 4.39 Å². The number of furan rings is 1. The van der Waals surface area contributed by atoms with Crippen molar-refractivity contribution in [1.29, 1.82) is 0 Å². The first-order valence-corrected chi connectivity index (χ1v) is 5.86. The molecule has 2 aromatic rings. The van der Waals surface area contributed by atoms with Crippen LogP contribution in [-0.2, 0) is 6.54 Å². The number of nitrogens with one attached hydrogen (secondary N) is 1. The van der Waals surface area contributed by atoms with Crippen LogP contribution in [0.3, 0.4) is 0 Å². The van der Waals surface area contributed by atoms with Gasteiger partial charge in [0.2, 0.25) is 0 Å². The number of hydrogen-bond acceptors (Lipinski definition) is 2. The fourth-order valence-electron chi connectivity index (χ4n) is 1.48. The lowest BCUT2D eigenvalue weighted by Crippen LogP contribution is -2.30. The third-order valence-corrected chi connectivity index (χ3v) is 2.85. The van der Waals surface area contributed by atoms with Gasteiger partial charge in [0.1, 0.15) is 11.6 Å². The van der Waals surface area contributed by atoms with Crippen molar-refractivity contribution in [2.24, 2.45) is 0 Å². The van der Waals surface area contributed by atoms with Crippen LogP contribution in [-0.4, -0.2) is 17.1 Å². The monoisotopic (exact) mass is 264 g/mol. The molecule has 0 amide bonds. The van der Waals surface area contributed by atoms with Crippen molar-refractivity contribution in [2.45, 2.75) is 6.54 Å². The highest BCUT2D eigenvalue weighted by molar-refractivity contribution is 7.80. The average Bonchev–Trinajstić information content (AvgIpc) is 2.84. The molecule has 2 rings (SSSR count). The number of anilines is 1. The molecule has 5 heteroatoms. The molecule has 0 saturated carbocycles. The third kappa shape index (κ3) is 3.07. The molecule has 18 heavy (non-hydrogen) atoms. The van der Waals surface area contributed by atoms with Crippen LogP contribution in [0.1, 0.15) is 5.76 Å². The maximum atomic E-state index is 13.4. The predicted octanol–water partition coefficient (Wildman–Crippen LogP) is 3.25. The smallest absolute Gasteiger partial charge is 0.173 e. The van der Waals surface area contributed by atoms with Crippen LogP contribution in [0.2, 0.25) is 0 Å². The van der Waals surface area contributed by atoms with Crippen molar-refractivity contribution >= 4 is 23.0 Å². The first-order chi connectivity index (χ1) is 8.66. The molecule has 1 aromatic carbocycles. The summed E-state index contributed by atoms with van der Waals surface area (Å²) in [7, 11) is 1.82. The first-order valence-electron chi connectivity index (χ1n) is 5.46. The van der Waals surface area contributed by atoms with Crippen LogP contribution in [0.5, 0.6) is 0 Å². The van der Waals surface area contributed by atoms with E-state index in [0.717, 1.165) is 5.76 Å². The van der Waals surface area contributed by atoms with Gasteiger partial charge in [-0.3, -0.25) is 0 Å². The lowest BCUT2D eigenvalue weighted by atomic mass is 10.3. The largest absolute Gasteiger partial charge is 0.467 e. The van der Waals surface area contributed by atoms with Gasteiger partial charge in [-0.1, -0.05) is 12.1 Å². The van der Waals surface area contributed by atoms with Crippen LogP contribution < -0.4 is 5.32 Å². The van der Waals surface area contributed by atoms with Gasteiger partial charge in [0.25, 0.3) is 0 Å². The van der Waals surface area contributed by atoms with Gasteiger partial charge < -0.3 is 14.6 Å². The van der Waals surface area contributed by atoms with Gasteiger partial charge in [-0.2, -0.15) is 0 Å². The van der Waals surface area contributed by atoms with E-state index in [1.165, 1.54) is 6.07 Å². The Morgan fingerprint density at radius 3 is 2.78 bits per heavy atom. The Hall–Kier alpha value is -1.88. The maximum Gasteiger partial charge on any atom is 0.173 e. The van der Waals surface area contributed by atoms with Crippen molar-refractivity contribution in [2.75, 3.05) is 12.4 Å². The van der Waals surface area contributed by atoms with E-state index in [1.54, 1.807) is 29.4 Å². The SMILES string of the molecule is CN(Cc1ccco1)C(=S)Nc1ccccc1F. The minimum atomic E-state index is -0.328. The van der Waals surface area contributed by atoms with Crippen LogP contribution in [0.15, 0.2) is 47.1 Å². The Bertz CT molecular complexity index is 528. The van der Waals surface area contributed by atoms with Crippen LogP contribution >= 0.6 is 12.2 Å². The lowest BCUT2D eigenvalue weighted by molar-refractivity contribution is 0.414. The van der Waals surface area contributed by atoms with E-state index in [-0.39, 0.29) is 5.82 Å². The number of rotatable bonds is 3. The summed E-state index contributed by atoms with van der Waals surface area (Å²) in [6.45, 7) is 0.535. The van der Waals surface area contributed by atoms with E-state index in [2.05, 4.69) is 5.32 Å². The Kier molecular flexibility index (Phi) is 3.94. The molecule has 1 aromatic heterocycles. The Labute approximate surface area is 110 Å². The predicted molar refractivity (Wildman–Crippen MR) is 72.8 cm³/mol. The molecule has 0 unspecified atom stereocenters. The summed E-state index contributed by atoms with van der Waals surface area (Å²) in [5.41, 5.74) is 0.369. The Morgan fingerprint density at radius 1 is 1.33 bits per heavy atom. The van der Waals surface area contributed by atoms with E-state index >= 15 is 0 Å². The van der Waals surface area contributed by atoms with Gasteiger partial charge in [0.05, 0.1) is 18.5 Å². The molecule has 0 saturated heterocycles. The second-order valence-corrected chi connectivity index (χ2v) is 4.23. The van der Waals surface area contributed by atoms with Crippen LogP contribution in [0.4, 0.5) is 10.1 Å². The van der Waals surface area contributed by atoms with Crippen molar-refractivity contribution in [3.8, 4) is 0 Å². The minimum Gasteiger partial charge on any atom is -0.467 e. The number of para-hydroxylation sites is 1. The van der Waals surface area contributed by atoms with Gasteiger partial charge in [0.15, 0.2) is 5.11 Å². The van der Waals surface area contributed by atoms with E-state index in [1.807, 2.05) is 19.2 Å². The van der Waals surface area contributed by atoms with Crippen LogP contribution in [0.25, 0.3) is 0 Å². The normalized spacial score (nSPS) is 10.1. The molecule has 94 valence electrons. The molecule has 0 spiro atoms. The molecular formula is C13H13FN2OS. The van der Waals surface area contributed by atoms with Gasteiger partial charge in [-0.15, -0.1) is 0 Å².